The van der Waals surface area contributed by atoms with E-state index in [0.717, 1.165) is 24.3 Å². The Kier molecular flexibility index (Phi) is 6.61. The van der Waals surface area contributed by atoms with Crippen molar-refractivity contribution in [1.82, 2.24) is 4.72 Å². The van der Waals surface area contributed by atoms with E-state index in [1.807, 2.05) is 10.8 Å². The molecule has 9 nitrogen and oxygen atoms in total. The van der Waals surface area contributed by atoms with Gasteiger partial charge in [0.25, 0.3) is 15.9 Å². The Hall–Kier alpha value is -3.70. The molecule has 0 radical (unpaired) electrons. The third-order valence-corrected chi connectivity index (χ3v) is 7.15. The highest BCUT2D eigenvalue weighted by Crippen LogP contribution is 2.22. The van der Waals surface area contributed by atoms with Crippen LogP contribution in [0.15, 0.2) is 88.7 Å². The lowest BCUT2D eigenvalue weighted by atomic mass is 10.2. The van der Waals surface area contributed by atoms with E-state index in [0.29, 0.717) is 11.5 Å². The third kappa shape index (κ3) is 5.71. The highest BCUT2D eigenvalue weighted by molar-refractivity contribution is 7.92. The predicted molar refractivity (Wildman–Crippen MR) is 115 cm³/mol. The predicted octanol–water partition coefficient (Wildman–Crippen LogP) is 1.86. The van der Waals surface area contributed by atoms with Gasteiger partial charge in [-0.2, -0.15) is 0 Å². The highest BCUT2D eigenvalue weighted by Gasteiger charge is 2.21. The van der Waals surface area contributed by atoms with Gasteiger partial charge in [0.1, 0.15) is 17.3 Å². The van der Waals surface area contributed by atoms with Crippen LogP contribution in [0.5, 0.6) is 11.5 Å². The minimum atomic E-state index is -4.19. The van der Waals surface area contributed by atoms with Crippen LogP contribution in [-0.4, -0.2) is 34.4 Å². The van der Waals surface area contributed by atoms with Gasteiger partial charge in [-0.25, -0.2) is 21.6 Å². The second-order valence-electron chi connectivity index (χ2n) is 6.57. The fourth-order valence-electron chi connectivity index (χ4n) is 2.64. The summed E-state index contributed by atoms with van der Waals surface area (Å²) in [6.07, 6.45) is 0. The van der Waals surface area contributed by atoms with Gasteiger partial charge >= 0.3 is 0 Å². The normalized spacial score (nSPS) is 11.5. The lowest BCUT2D eigenvalue weighted by Gasteiger charge is -2.09. The van der Waals surface area contributed by atoms with E-state index in [1.54, 1.807) is 24.3 Å². The van der Waals surface area contributed by atoms with E-state index < -0.39 is 37.4 Å². The number of para-hydroxylation sites is 1. The molecule has 3 rings (SSSR count). The molecule has 0 bridgehead atoms. The van der Waals surface area contributed by atoms with E-state index in [-0.39, 0.29) is 15.4 Å². The van der Waals surface area contributed by atoms with Crippen LogP contribution < -0.4 is 15.2 Å². The van der Waals surface area contributed by atoms with Crippen molar-refractivity contribution in [1.29, 1.82) is 0 Å². The van der Waals surface area contributed by atoms with Crippen LogP contribution in [0.1, 0.15) is 10.4 Å². The number of rotatable bonds is 8. The molecule has 0 fully saturated rings. The van der Waals surface area contributed by atoms with Gasteiger partial charge in [-0.05, 0) is 60.7 Å². The zero-order valence-electron chi connectivity index (χ0n) is 16.5. The quantitative estimate of drug-likeness (QED) is 0.506. The van der Waals surface area contributed by atoms with Gasteiger partial charge < -0.3 is 10.5 Å². The largest absolute Gasteiger partial charge is 0.457 e. The topological polar surface area (TPSA) is 150 Å². The molecule has 0 aliphatic carbocycles. The summed E-state index contributed by atoms with van der Waals surface area (Å²) in [6, 6.07) is 18.8. The van der Waals surface area contributed by atoms with Gasteiger partial charge in [-0.1, -0.05) is 18.2 Å². The molecule has 0 saturated carbocycles. The number of carbonyl (C=O) groups is 2. The first kappa shape index (κ1) is 23.0. The summed E-state index contributed by atoms with van der Waals surface area (Å²) in [7, 11) is -8.13. The molecule has 11 heteroatoms. The first-order chi connectivity index (χ1) is 15.1. The molecular weight excluding hydrogens is 456 g/mol. The molecule has 0 aliphatic heterocycles. The molecule has 2 amide bonds. The Morgan fingerprint density at radius 1 is 0.750 bits per heavy atom. The van der Waals surface area contributed by atoms with Crippen molar-refractivity contribution in [2.24, 2.45) is 5.73 Å². The smallest absolute Gasteiger partial charge is 0.264 e. The number of nitrogens with one attached hydrogen (secondary N) is 1. The number of amides is 2. The maximum absolute atomic E-state index is 12.5. The molecule has 3 aromatic rings. The molecular formula is C21H18N2O7S2. The number of hydrogen-bond donors (Lipinski definition) is 2. The molecule has 0 spiro atoms. The maximum Gasteiger partial charge on any atom is 0.264 e. The summed E-state index contributed by atoms with van der Waals surface area (Å²) >= 11 is 0. The van der Waals surface area contributed by atoms with Crippen molar-refractivity contribution in [2.75, 3.05) is 5.75 Å². The number of carbonyl (C=O) groups excluding carboxylic acids is 2. The molecule has 0 aliphatic rings. The molecule has 0 unspecified atom stereocenters. The van der Waals surface area contributed by atoms with E-state index in [1.165, 1.54) is 24.3 Å². The van der Waals surface area contributed by atoms with Crippen molar-refractivity contribution >= 4 is 31.7 Å². The van der Waals surface area contributed by atoms with Crippen molar-refractivity contribution in [3.63, 3.8) is 0 Å². The summed E-state index contributed by atoms with van der Waals surface area (Å²) in [6.45, 7) is 0. The molecule has 32 heavy (non-hydrogen) atoms. The van der Waals surface area contributed by atoms with Gasteiger partial charge in [0.2, 0.25) is 5.91 Å². The number of nitrogens with two attached hydrogens (primary N) is 1. The minimum absolute atomic E-state index is 0.0874. The summed E-state index contributed by atoms with van der Waals surface area (Å²) in [5, 5.41) is 0. The summed E-state index contributed by atoms with van der Waals surface area (Å²) in [5.74, 6) is -1.85. The van der Waals surface area contributed by atoms with Crippen molar-refractivity contribution in [3.05, 3.63) is 84.4 Å². The summed E-state index contributed by atoms with van der Waals surface area (Å²) in [4.78, 5) is 22.8. The second kappa shape index (κ2) is 9.20. The lowest BCUT2D eigenvalue weighted by molar-refractivity contribution is -0.115. The summed E-state index contributed by atoms with van der Waals surface area (Å²) < 4.78 is 56.5. The van der Waals surface area contributed by atoms with Crippen LogP contribution in [0.4, 0.5) is 0 Å². The molecule has 0 atom stereocenters. The molecule has 166 valence electrons. The van der Waals surface area contributed by atoms with Crippen LogP contribution in [-0.2, 0) is 24.7 Å². The SMILES string of the molecule is NC(=O)CS(=O)(=O)c1ccc(C(=O)NS(=O)(=O)c2ccc(Oc3ccccc3)cc2)cc1. The minimum Gasteiger partial charge on any atom is -0.457 e. The van der Waals surface area contributed by atoms with Gasteiger partial charge in [0.05, 0.1) is 9.79 Å². The number of hydrogen-bond acceptors (Lipinski definition) is 7. The van der Waals surface area contributed by atoms with Crippen molar-refractivity contribution in [3.8, 4) is 11.5 Å². The first-order valence-electron chi connectivity index (χ1n) is 9.08. The van der Waals surface area contributed by atoms with Crippen LogP contribution in [0.25, 0.3) is 0 Å². The molecule has 0 saturated heterocycles. The van der Waals surface area contributed by atoms with Crippen LogP contribution in [0.3, 0.4) is 0 Å². The second-order valence-corrected chi connectivity index (χ2v) is 10.2. The number of ether oxygens (including phenoxy) is 1. The standard InChI is InChI=1S/C21H18N2O7S2/c22-20(24)14-31(26,27)18-10-6-15(7-11-18)21(25)23-32(28,29)19-12-8-17(9-13-19)30-16-4-2-1-3-5-16/h1-13H,14H2,(H2,22,24)(H,23,25). The van der Waals surface area contributed by atoms with Gasteiger partial charge in [-0.3, -0.25) is 9.59 Å². The van der Waals surface area contributed by atoms with E-state index in [2.05, 4.69) is 0 Å². The zero-order chi connectivity index (χ0) is 23.4. The number of sulfonamides is 1. The van der Waals surface area contributed by atoms with Gasteiger partial charge in [0, 0.05) is 5.56 Å². The summed E-state index contributed by atoms with van der Waals surface area (Å²) in [5.41, 5.74) is 4.82. The van der Waals surface area contributed by atoms with Gasteiger partial charge in [0.15, 0.2) is 9.84 Å². The monoisotopic (exact) mass is 474 g/mol. The van der Waals surface area contributed by atoms with E-state index in [4.69, 9.17) is 10.5 Å². The Morgan fingerprint density at radius 3 is 1.84 bits per heavy atom. The highest BCUT2D eigenvalue weighted by atomic mass is 32.2. The third-order valence-electron chi connectivity index (χ3n) is 4.15. The average molecular weight is 475 g/mol. The zero-order valence-corrected chi connectivity index (χ0v) is 18.1. The van der Waals surface area contributed by atoms with Crippen LogP contribution in [0.2, 0.25) is 0 Å². The first-order valence-corrected chi connectivity index (χ1v) is 12.2. The molecule has 0 aromatic heterocycles. The maximum atomic E-state index is 12.5. The lowest BCUT2D eigenvalue weighted by Crippen LogP contribution is -2.30. The number of primary amides is 1. The molecule has 3 N–H and O–H groups in total. The van der Waals surface area contributed by atoms with Crippen LogP contribution >= 0.6 is 0 Å². The Labute approximate surface area is 184 Å². The van der Waals surface area contributed by atoms with Crippen molar-refractivity contribution in [2.45, 2.75) is 9.79 Å². The Bertz CT molecular complexity index is 1340. The molecule has 3 aromatic carbocycles. The Balaban J connectivity index is 1.70. The number of sulfone groups is 1. The van der Waals surface area contributed by atoms with E-state index >= 15 is 0 Å². The van der Waals surface area contributed by atoms with Gasteiger partial charge in [-0.15, -0.1) is 0 Å². The molecule has 0 heterocycles. The van der Waals surface area contributed by atoms with E-state index in [9.17, 15) is 26.4 Å². The van der Waals surface area contributed by atoms with Crippen molar-refractivity contribution < 1.29 is 31.2 Å². The fourth-order valence-corrected chi connectivity index (χ4v) is 4.70. The Morgan fingerprint density at radius 2 is 1.28 bits per heavy atom. The number of benzene rings is 3. The average Bonchev–Trinajstić information content (AvgIpc) is 2.74. The fraction of sp³-hybridized carbons (Fsp3) is 0.0476. The van der Waals surface area contributed by atoms with Crippen LogP contribution in [0, 0.1) is 0 Å².